The van der Waals surface area contributed by atoms with Gasteiger partial charge in [0, 0.05) is 44.0 Å². The molecule has 4 N–H and O–H groups in total. The zero-order chi connectivity index (χ0) is 27.0. The monoisotopic (exact) mass is 518 g/mol. The molecule has 12 heteroatoms. The standard InChI is InChI=1S/C25H29F3N6O3/c1-15-33-21-11-22(35-4)23(37-6-5-36-19(13-30-2)14-31-3)10-20(21)24(34-15)32-12-16-7-17(25(26,27)28)9-18(29)8-16/h7-11,13-14,30H,5-6,12,29H2,1-4H3,(H,32,33,34)/b19-13+,31-14?. The second kappa shape index (κ2) is 12.2. The number of alkyl halides is 3. The van der Waals surface area contributed by atoms with Crippen LogP contribution >= 0.6 is 0 Å². The van der Waals surface area contributed by atoms with Gasteiger partial charge in [0.2, 0.25) is 0 Å². The first-order valence-electron chi connectivity index (χ1n) is 11.3. The van der Waals surface area contributed by atoms with E-state index in [2.05, 4.69) is 25.6 Å². The fourth-order valence-corrected chi connectivity index (χ4v) is 3.53. The second-order valence-corrected chi connectivity index (χ2v) is 7.87. The van der Waals surface area contributed by atoms with Crippen molar-refractivity contribution in [1.82, 2.24) is 15.3 Å². The quantitative estimate of drug-likeness (QED) is 0.149. The van der Waals surface area contributed by atoms with Crippen molar-refractivity contribution in [3.8, 4) is 11.5 Å². The number of aliphatic imine (C=N–C) groups is 1. The number of fused-ring (bicyclic) bond motifs is 1. The summed E-state index contributed by atoms with van der Waals surface area (Å²) in [5.41, 5.74) is 5.85. The molecule has 2 aromatic carbocycles. The first kappa shape index (κ1) is 27.4. The molecule has 0 amide bonds. The number of nitrogen functional groups attached to an aromatic ring is 1. The number of aromatic nitrogens is 2. The van der Waals surface area contributed by atoms with E-state index in [0.717, 1.165) is 12.1 Å². The Morgan fingerprint density at radius 2 is 1.89 bits per heavy atom. The smallest absolute Gasteiger partial charge is 0.416 e. The number of aryl methyl sites for hydroxylation is 1. The number of hydrogen-bond donors (Lipinski definition) is 3. The molecule has 0 aliphatic carbocycles. The molecular weight excluding hydrogens is 489 g/mol. The van der Waals surface area contributed by atoms with Crippen molar-refractivity contribution in [2.45, 2.75) is 19.6 Å². The first-order chi connectivity index (χ1) is 17.6. The molecule has 0 saturated carbocycles. The van der Waals surface area contributed by atoms with Gasteiger partial charge in [-0.15, -0.1) is 0 Å². The number of methoxy groups -OCH3 is 1. The van der Waals surface area contributed by atoms with Crippen LogP contribution in [0.3, 0.4) is 0 Å². The SMILES string of the molecule is CN=C/C(=C\NC)OCCOc1cc2c(NCc3cc(N)cc(C(F)(F)F)c3)nc(C)nc2cc1OC. The van der Waals surface area contributed by atoms with Crippen molar-refractivity contribution in [2.75, 3.05) is 45.5 Å². The molecule has 1 aromatic heterocycles. The molecule has 3 aromatic rings. The van der Waals surface area contributed by atoms with Crippen LogP contribution in [0.25, 0.3) is 10.9 Å². The van der Waals surface area contributed by atoms with Crippen LogP contribution in [0.15, 0.2) is 47.3 Å². The van der Waals surface area contributed by atoms with Crippen molar-refractivity contribution in [3.63, 3.8) is 0 Å². The van der Waals surface area contributed by atoms with Gasteiger partial charge in [0.1, 0.15) is 24.9 Å². The summed E-state index contributed by atoms with van der Waals surface area (Å²) in [7, 11) is 4.91. The molecule has 0 saturated heterocycles. The summed E-state index contributed by atoms with van der Waals surface area (Å²) in [5.74, 6) is 2.35. The lowest BCUT2D eigenvalue weighted by Crippen LogP contribution is -2.10. The summed E-state index contributed by atoms with van der Waals surface area (Å²) in [6.07, 6.45) is -1.26. The lowest BCUT2D eigenvalue weighted by molar-refractivity contribution is -0.137. The van der Waals surface area contributed by atoms with E-state index in [1.165, 1.54) is 13.2 Å². The van der Waals surface area contributed by atoms with Gasteiger partial charge in [0.25, 0.3) is 0 Å². The maximum atomic E-state index is 13.2. The minimum Gasteiger partial charge on any atom is -0.493 e. The Kier molecular flexibility index (Phi) is 8.99. The summed E-state index contributed by atoms with van der Waals surface area (Å²) in [4.78, 5) is 12.8. The Labute approximate surface area is 212 Å². The van der Waals surface area contributed by atoms with E-state index in [0.29, 0.717) is 45.4 Å². The van der Waals surface area contributed by atoms with Crippen LogP contribution in [0.1, 0.15) is 17.0 Å². The Morgan fingerprint density at radius 1 is 1.11 bits per heavy atom. The van der Waals surface area contributed by atoms with E-state index in [4.69, 9.17) is 19.9 Å². The van der Waals surface area contributed by atoms with Crippen LogP contribution in [0.5, 0.6) is 11.5 Å². The lowest BCUT2D eigenvalue weighted by Gasteiger charge is -2.15. The summed E-state index contributed by atoms with van der Waals surface area (Å²) < 4.78 is 56.6. The van der Waals surface area contributed by atoms with Crippen LogP contribution in [0, 0.1) is 6.92 Å². The highest BCUT2D eigenvalue weighted by Gasteiger charge is 2.31. The third-order valence-corrected chi connectivity index (χ3v) is 5.05. The predicted octanol–water partition coefficient (Wildman–Crippen LogP) is 4.32. The van der Waals surface area contributed by atoms with Gasteiger partial charge in [0.05, 0.1) is 24.4 Å². The van der Waals surface area contributed by atoms with E-state index >= 15 is 0 Å². The molecule has 1 heterocycles. The number of ether oxygens (including phenoxy) is 3. The van der Waals surface area contributed by atoms with Crippen LogP contribution in [-0.4, -0.2) is 50.6 Å². The Bertz CT molecular complexity index is 1290. The molecule has 37 heavy (non-hydrogen) atoms. The van der Waals surface area contributed by atoms with Gasteiger partial charge in [-0.2, -0.15) is 13.2 Å². The largest absolute Gasteiger partial charge is 0.493 e. The van der Waals surface area contributed by atoms with Crippen molar-refractivity contribution in [1.29, 1.82) is 0 Å². The van der Waals surface area contributed by atoms with Gasteiger partial charge in [-0.05, 0) is 36.8 Å². The number of benzene rings is 2. The maximum Gasteiger partial charge on any atom is 0.416 e. The predicted molar refractivity (Wildman–Crippen MR) is 137 cm³/mol. The maximum absolute atomic E-state index is 13.2. The minimum absolute atomic E-state index is 0.0240. The summed E-state index contributed by atoms with van der Waals surface area (Å²) in [6, 6.07) is 6.87. The number of allylic oxidation sites excluding steroid dienone is 1. The van der Waals surface area contributed by atoms with Gasteiger partial charge in [0.15, 0.2) is 17.3 Å². The lowest BCUT2D eigenvalue weighted by atomic mass is 10.1. The van der Waals surface area contributed by atoms with Gasteiger partial charge in [-0.1, -0.05) is 0 Å². The minimum atomic E-state index is -4.50. The Balaban J connectivity index is 1.83. The first-order valence-corrected chi connectivity index (χ1v) is 11.3. The van der Waals surface area contributed by atoms with E-state index in [1.54, 1.807) is 45.6 Å². The Hall–Kier alpha value is -4.22. The molecule has 3 rings (SSSR count). The molecule has 0 atom stereocenters. The van der Waals surface area contributed by atoms with E-state index in [1.807, 2.05) is 0 Å². The molecule has 0 aliphatic rings. The third-order valence-electron chi connectivity index (χ3n) is 5.05. The fourth-order valence-electron chi connectivity index (χ4n) is 3.53. The zero-order valence-electron chi connectivity index (χ0n) is 20.9. The average molecular weight is 519 g/mol. The van der Waals surface area contributed by atoms with Gasteiger partial charge in [-0.25, -0.2) is 9.97 Å². The molecule has 0 aliphatic heterocycles. The third kappa shape index (κ3) is 7.38. The van der Waals surface area contributed by atoms with Gasteiger partial charge >= 0.3 is 6.18 Å². The molecule has 0 spiro atoms. The van der Waals surface area contributed by atoms with Crippen LogP contribution in [0.2, 0.25) is 0 Å². The highest BCUT2D eigenvalue weighted by atomic mass is 19.4. The number of anilines is 2. The van der Waals surface area contributed by atoms with Crippen LogP contribution in [0.4, 0.5) is 24.7 Å². The number of nitrogens with one attached hydrogen (secondary N) is 2. The Morgan fingerprint density at radius 3 is 2.57 bits per heavy atom. The van der Waals surface area contributed by atoms with E-state index < -0.39 is 11.7 Å². The van der Waals surface area contributed by atoms with E-state index in [9.17, 15) is 13.2 Å². The van der Waals surface area contributed by atoms with Crippen LogP contribution < -0.4 is 25.8 Å². The van der Waals surface area contributed by atoms with Crippen molar-refractivity contribution in [2.24, 2.45) is 4.99 Å². The van der Waals surface area contributed by atoms with Gasteiger partial charge < -0.3 is 30.6 Å². The highest BCUT2D eigenvalue weighted by molar-refractivity contribution is 5.91. The highest BCUT2D eigenvalue weighted by Crippen LogP contribution is 2.35. The second-order valence-electron chi connectivity index (χ2n) is 7.87. The van der Waals surface area contributed by atoms with Crippen molar-refractivity contribution >= 4 is 28.6 Å². The molecule has 0 radical (unpaired) electrons. The van der Waals surface area contributed by atoms with Crippen molar-refractivity contribution in [3.05, 3.63) is 59.2 Å². The molecule has 9 nitrogen and oxygen atoms in total. The number of nitrogens with zero attached hydrogens (tertiary/aromatic N) is 3. The zero-order valence-corrected chi connectivity index (χ0v) is 20.9. The van der Waals surface area contributed by atoms with E-state index in [-0.39, 0.29) is 25.4 Å². The average Bonchev–Trinajstić information content (AvgIpc) is 2.84. The molecule has 198 valence electrons. The molecule has 0 fully saturated rings. The topological polar surface area (TPSA) is 116 Å². The normalized spacial score (nSPS) is 12.1. The molecule has 0 unspecified atom stereocenters. The number of halogens is 3. The van der Waals surface area contributed by atoms with Crippen molar-refractivity contribution < 1.29 is 27.4 Å². The summed E-state index contributed by atoms with van der Waals surface area (Å²) in [6.45, 7) is 2.24. The van der Waals surface area contributed by atoms with Crippen LogP contribution in [-0.2, 0) is 17.5 Å². The fraction of sp³-hybridized carbons (Fsp3) is 0.320. The number of rotatable bonds is 11. The molecule has 0 bridgehead atoms. The molecular formula is C25H29F3N6O3. The number of hydrogen-bond acceptors (Lipinski definition) is 9. The summed E-state index contributed by atoms with van der Waals surface area (Å²) >= 11 is 0. The van der Waals surface area contributed by atoms with Gasteiger partial charge in [-0.3, -0.25) is 4.99 Å². The number of nitrogens with two attached hydrogens (primary N) is 1. The summed E-state index contributed by atoms with van der Waals surface area (Å²) in [5, 5.41) is 6.58.